The second kappa shape index (κ2) is 5.58. The van der Waals surface area contributed by atoms with Crippen LogP contribution in [0.4, 0.5) is 0 Å². The minimum atomic E-state index is -0.327. The van der Waals surface area contributed by atoms with Gasteiger partial charge in [-0.25, -0.2) is 15.1 Å². The average molecular weight is 245 g/mol. The van der Waals surface area contributed by atoms with Gasteiger partial charge in [0.1, 0.15) is 24.9 Å². The van der Waals surface area contributed by atoms with E-state index in [1.807, 2.05) is 0 Å². The van der Waals surface area contributed by atoms with Crippen LogP contribution in [0.15, 0.2) is 42.0 Å². The number of para-hydroxylation sites is 1. The standard InChI is InChI=1S/C11H11N5O2/c17-10-4-2-1-3-9(10)5-13-15-11(18)6-16-8-12-7-14-16/h1-5,7-8,17H,6H2,(H,15,18). The molecule has 2 N–H and O–H groups in total. The number of nitrogens with zero attached hydrogens (tertiary/aromatic N) is 4. The van der Waals surface area contributed by atoms with Crippen molar-refractivity contribution < 1.29 is 9.90 Å². The van der Waals surface area contributed by atoms with Crippen LogP contribution >= 0.6 is 0 Å². The molecule has 0 fully saturated rings. The number of hydrogen-bond donors (Lipinski definition) is 2. The third kappa shape index (κ3) is 3.14. The van der Waals surface area contributed by atoms with Crippen molar-refractivity contribution in [2.24, 2.45) is 5.10 Å². The number of hydrogen-bond acceptors (Lipinski definition) is 5. The lowest BCUT2D eigenvalue weighted by molar-refractivity contribution is -0.121. The highest BCUT2D eigenvalue weighted by atomic mass is 16.3. The molecule has 0 bridgehead atoms. The van der Waals surface area contributed by atoms with E-state index in [2.05, 4.69) is 20.6 Å². The van der Waals surface area contributed by atoms with E-state index >= 15 is 0 Å². The first-order chi connectivity index (χ1) is 8.75. The number of carbonyl (C=O) groups excluding carboxylic acids is 1. The molecule has 0 saturated heterocycles. The minimum absolute atomic E-state index is 0.0398. The molecule has 0 aliphatic rings. The molecule has 1 heterocycles. The number of carbonyl (C=O) groups is 1. The highest BCUT2D eigenvalue weighted by Gasteiger charge is 2.01. The van der Waals surface area contributed by atoms with Gasteiger partial charge in [0.2, 0.25) is 0 Å². The maximum absolute atomic E-state index is 11.4. The smallest absolute Gasteiger partial charge is 0.261 e. The molecule has 1 aromatic carbocycles. The Morgan fingerprint density at radius 3 is 3.06 bits per heavy atom. The second-order valence-corrected chi connectivity index (χ2v) is 3.45. The van der Waals surface area contributed by atoms with Gasteiger partial charge in [-0.15, -0.1) is 0 Å². The van der Waals surface area contributed by atoms with Crippen LogP contribution in [0, 0.1) is 0 Å². The lowest BCUT2D eigenvalue weighted by Gasteiger charge is -1.99. The zero-order valence-corrected chi connectivity index (χ0v) is 9.39. The fourth-order valence-corrected chi connectivity index (χ4v) is 1.27. The highest BCUT2D eigenvalue weighted by molar-refractivity contribution is 5.84. The molecule has 0 atom stereocenters. The molecule has 0 aliphatic heterocycles. The Morgan fingerprint density at radius 1 is 1.50 bits per heavy atom. The summed E-state index contributed by atoms with van der Waals surface area (Å²) in [4.78, 5) is 15.1. The van der Waals surface area contributed by atoms with Crippen molar-refractivity contribution in [1.82, 2.24) is 20.2 Å². The van der Waals surface area contributed by atoms with Gasteiger partial charge < -0.3 is 5.11 Å². The van der Waals surface area contributed by atoms with Crippen LogP contribution in [0.5, 0.6) is 5.75 Å². The van der Waals surface area contributed by atoms with Crippen LogP contribution in [0.2, 0.25) is 0 Å². The monoisotopic (exact) mass is 245 g/mol. The van der Waals surface area contributed by atoms with Crippen molar-refractivity contribution in [2.75, 3.05) is 0 Å². The zero-order valence-electron chi connectivity index (χ0n) is 9.39. The molecule has 1 amide bonds. The molecule has 7 nitrogen and oxygen atoms in total. The lowest BCUT2D eigenvalue weighted by Crippen LogP contribution is -2.23. The SMILES string of the molecule is O=C(Cn1cncn1)NN=Cc1ccccc1O. The summed E-state index contributed by atoms with van der Waals surface area (Å²) in [5.41, 5.74) is 2.85. The minimum Gasteiger partial charge on any atom is -0.507 e. The summed E-state index contributed by atoms with van der Waals surface area (Å²) >= 11 is 0. The van der Waals surface area contributed by atoms with Gasteiger partial charge in [0.15, 0.2) is 0 Å². The Hall–Kier alpha value is -2.70. The van der Waals surface area contributed by atoms with Crippen LogP contribution < -0.4 is 5.43 Å². The van der Waals surface area contributed by atoms with Crippen molar-refractivity contribution in [1.29, 1.82) is 0 Å². The van der Waals surface area contributed by atoms with Crippen molar-refractivity contribution >= 4 is 12.1 Å². The molecule has 2 aromatic rings. The first-order valence-corrected chi connectivity index (χ1v) is 5.18. The number of phenolic OH excluding ortho intramolecular Hbond substituents is 1. The van der Waals surface area contributed by atoms with Crippen LogP contribution in [-0.2, 0) is 11.3 Å². The summed E-state index contributed by atoms with van der Waals surface area (Å²) in [7, 11) is 0. The van der Waals surface area contributed by atoms with Crippen molar-refractivity contribution in [2.45, 2.75) is 6.54 Å². The number of aromatic hydroxyl groups is 1. The van der Waals surface area contributed by atoms with Gasteiger partial charge in [-0.3, -0.25) is 4.79 Å². The fourth-order valence-electron chi connectivity index (χ4n) is 1.27. The molecule has 2 rings (SSSR count). The molecule has 0 unspecified atom stereocenters. The Bertz CT molecular complexity index is 550. The van der Waals surface area contributed by atoms with Gasteiger partial charge in [-0.1, -0.05) is 12.1 Å². The van der Waals surface area contributed by atoms with Gasteiger partial charge in [-0.05, 0) is 12.1 Å². The Balaban J connectivity index is 1.88. The Kier molecular flexibility index (Phi) is 3.65. The molecule has 92 valence electrons. The molecule has 0 spiro atoms. The maximum Gasteiger partial charge on any atom is 0.261 e. The second-order valence-electron chi connectivity index (χ2n) is 3.45. The highest BCUT2D eigenvalue weighted by Crippen LogP contribution is 2.12. The average Bonchev–Trinajstić information content (AvgIpc) is 2.84. The molecule has 0 saturated carbocycles. The largest absolute Gasteiger partial charge is 0.507 e. The van der Waals surface area contributed by atoms with Gasteiger partial charge >= 0.3 is 0 Å². The molecule has 0 aliphatic carbocycles. The molecular formula is C11H11N5O2. The fraction of sp³-hybridized carbons (Fsp3) is 0.0909. The van der Waals surface area contributed by atoms with E-state index in [4.69, 9.17) is 0 Å². The molecule has 0 radical (unpaired) electrons. The maximum atomic E-state index is 11.4. The first kappa shape index (κ1) is 11.8. The first-order valence-electron chi connectivity index (χ1n) is 5.18. The summed E-state index contributed by atoms with van der Waals surface area (Å²) in [6, 6.07) is 6.69. The topological polar surface area (TPSA) is 92.4 Å². The van der Waals surface area contributed by atoms with Crippen LogP contribution in [0.3, 0.4) is 0 Å². The van der Waals surface area contributed by atoms with E-state index in [9.17, 15) is 9.90 Å². The molecular weight excluding hydrogens is 234 g/mol. The predicted molar refractivity (Wildman–Crippen MR) is 63.9 cm³/mol. The zero-order chi connectivity index (χ0) is 12.8. The van der Waals surface area contributed by atoms with Crippen LogP contribution in [0.1, 0.15) is 5.56 Å². The van der Waals surface area contributed by atoms with Crippen LogP contribution in [0.25, 0.3) is 0 Å². The number of phenols is 1. The number of rotatable bonds is 4. The van der Waals surface area contributed by atoms with Crippen molar-refractivity contribution in [3.63, 3.8) is 0 Å². The van der Waals surface area contributed by atoms with Gasteiger partial charge in [0.25, 0.3) is 5.91 Å². The summed E-state index contributed by atoms with van der Waals surface area (Å²) in [6.45, 7) is 0.0398. The van der Waals surface area contributed by atoms with E-state index in [0.717, 1.165) is 0 Å². The summed E-state index contributed by atoms with van der Waals surface area (Å²) in [5, 5.41) is 17.0. The number of benzene rings is 1. The number of hydrazone groups is 1. The summed E-state index contributed by atoms with van der Waals surface area (Å²) < 4.78 is 1.38. The predicted octanol–water partition coefficient (Wildman–Crippen LogP) is 0.134. The van der Waals surface area contributed by atoms with Gasteiger partial charge in [0.05, 0.1) is 6.21 Å². The Labute approximate surface area is 103 Å². The lowest BCUT2D eigenvalue weighted by atomic mass is 10.2. The van der Waals surface area contributed by atoms with Gasteiger partial charge in [0, 0.05) is 5.56 Å². The van der Waals surface area contributed by atoms with E-state index < -0.39 is 0 Å². The van der Waals surface area contributed by atoms with E-state index in [-0.39, 0.29) is 18.2 Å². The molecule has 7 heteroatoms. The Morgan fingerprint density at radius 2 is 2.33 bits per heavy atom. The quantitative estimate of drug-likeness (QED) is 0.591. The molecule has 1 aromatic heterocycles. The van der Waals surface area contributed by atoms with Crippen molar-refractivity contribution in [3.05, 3.63) is 42.5 Å². The van der Waals surface area contributed by atoms with E-state index in [0.29, 0.717) is 5.56 Å². The third-order valence-electron chi connectivity index (χ3n) is 2.10. The normalized spacial score (nSPS) is 10.7. The van der Waals surface area contributed by atoms with E-state index in [1.54, 1.807) is 24.3 Å². The number of nitrogens with one attached hydrogen (secondary N) is 1. The summed E-state index contributed by atoms with van der Waals surface area (Å²) in [5.74, 6) is -0.223. The van der Waals surface area contributed by atoms with Gasteiger partial charge in [-0.2, -0.15) is 10.2 Å². The van der Waals surface area contributed by atoms with Crippen LogP contribution in [-0.4, -0.2) is 32.0 Å². The molecule has 18 heavy (non-hydrogen) atoms. The van der Waals surface area contributed by atoms with Crippen molar-refractivity contribution in [3.8, 4) is 5.75 Å². The number of aromatic nitrogens is 3. The summed E-state index contributed by atoms with van der Waals surface area (Å²) in [6.07, 6.45) is 4.15. The number of amides is 1. The van der Waals surface area contributed by atoms with E-state index in [1.165, 1.54) is 23.6 Å². The third-order valence-corrected chi connectivity index (χ3v) is 2.10.